The number of ketones is 1. The van der Waals surface area contributed by atoms with Gasteiger partial charge in [-0.1, -0.05) is 12.1 Å². The van der Waals surface area contributed by atoms with E-state index in [0.717, 1.165) is 61.1 Å². The van der Waals surface area contributed by atoms with Crippen LogP contribution in [-0.2, 0) is 14.3 Å². The molecule has 3 heterocycles. The Kier molecular flexibility index (Phi) is 6.51. The highest BCUT2D eigenvalue weighted by molar-refractivity contribution is 6.01. The highest BCUT2D eigenvalue weighted by Crippen LogP contribution is 2.39. The van der Waals surface area contributed by atoms with Gasteiger partial charge in [0.15, 0.2) is 5.78 Å². The van der Waals surface area contributed by atoms with Gasteiger partial charge in [0.2, 0.25) is 0 Å². The van der Waals surface area contributed by atoms with Gasteiger partial charge >= 0.3 is 5.97 Å². The molecule has 0 radical (unpaired) electrons. The van der Waals surface area contributed by atoms with Crippen molar-refractivity contribution >= 4 is 22.7 Å². The van der Waals surface area contributed by atoms with Crippen LogP contribution in [-0.4, -0.2) is 58.7 Å². The van der Waals surface area contributed by atoms with Crippen LogP contribution in [0.25, 0.3) is 10.9 Å². The highest BCUT2D eigenvalue weighted by Gasteiger charge is 2.37. The van der Waals surface area contributed by atoms with Crippen molar-refractivity contribution in [3.63, 3.8) is 0 Å². The van der Waals surface area contributed by atoms with Gasteiger partial charge in [0, 0.05) is 43.0 Å². The fourth-order valence-corrected chi connectivity index (χ4v) is 5.66. The molecule has 36 heavy (non-hydrogen) atoms. The fraction of sp³-hybridized carbons (Fsp3) is 0.448. The van der Waals surface area contributed by atoms with Crippen molar-refractivity contribution in [2.24, 2.45) is 0 Å². The predicted octanol–water partition coefficient (Wildman–Crippen LogP) is 5.25. The maximum Gasteiger partial charge on any atom is 0.335 e. The first-order valence-corrected chi connectivity index (χ1v) is 12.7. The van der Waals surface area contributed by atoms with Gasteiger partial charge in [0.25, 0.3) is 0 Å². The molecule has 1 aromatic heterocycles. The summed E-state index contributed by atoms with van der Waals surface area (Å²) in [6, 6.07) is 7.72. The average Bonchev–Trinajstić information content (AvgIpc) is 3.18. The van der Waals surface area contributed by atoms with Crippen molar-refractivity contribution in [2.45, 2.75) is 57.6 Å². The molecule has 2 saturated heterocycles. The van der Waals surface area contributed by atoms with Crippen molar-refractivity contribution in [3.05, 3.63) is 70.8 Å². The van der Waals surface area contributed by atoms with E-state index < -0.39 is 11.6 Å². The quantitative estimate of drug-likeness (QED) is 0.596. The molecule has 5 rings (SSSR count). The molecule has 1 aliphatic carbocycles. The molecule has 1 N–H and O–H groups in total. The molecule has 0 atom stereocenters. The Balaban J connectivity index is 1.29. The summed E-state index contributed by atoms with van der Waals surface area (Å²) in [4.78, 5) is 26.7. The fourth-order valence-electron chi connectivity index (χ4n) is 5.66. The van der Waals surface area contributed by atoms with Gasteiger partial charge in [0.05, 0.1) is 24.7 Å². The molecule has 0 amide bonds. The van der Waals surface area contributed by atoms with Crippen LogP contribution in [0.1, 0.15) is 62.4 Å². The second-order valence-electron chi connectivity index (χ2n) is 10.5. The molecule has 2 fully saturated rings. The third-order valence-electron chi connectivity index (χ3n) is 7.53. The number of carbonyl (C=O) groups is 2. The van der Waals surface area contributed by atoms with Crippen LogP contribution in [0.2, 0.25) is 0 Å². The Labute approximate surface area is 211 Å². The Hall–Kier alpha value is -3.32. The molecule has 7 nitrogen and oxygen atoms in total. The molecule has 190 valence electrons. The van der Waals surface area contributed by atoms with E-state index in [1.165, 1.54) is 0 Å². The smallest absolute Gasteiger partial charge is 0.335 e. The van der Waals surface area contributed by atoms with Crippen LogP contribution in [0.5, 0.6) is 0 Å². The molecule has 7 heteroatoms. The lowest BCUT2D eigenvalue weighted by Crippen LogP contribution is -2.37. The van der Waals surface area contributed by atoms with Crippen molar-refractivity contribution in [2.75, 3.05) is 26.7 Å². The largest absolute Gasteiger partial charge is 0.497 e. The molecule has 0 unspecified atom stereocenters. The van der Waals surface area contributed by atoms with E-state index in [1.54, 1.807) is 19.2 Å². The number of benzene rings is 1. The van der Waals surface area contributed by atoms with E-state index in [2.05, 4.69) is 21.7 Å². The number of carboxylic acids is 1. The minimum atomic E-state index is -0.900. The number of fused-ring (bicyclic) bond motifs is 2. The lowest BCUT2D eigenvalue weighted by molar-refractivity contribution is -0.123. The summed E-state index contributed by atoms with van der Waals surface area (Å²) in [6.07, 6.45) is 9.84. The zero-order valence-electron chi connectivity index (χ0n) is 21.3. The number of allylic oxidation sites excluding steroid dienone is 4. The standard InChI is InChI=1S/C29H34N2O5/c1-29(2)18-25(32)22-5-4-6-26(35-3)23(27(22)36-29)12-15-30-13-10-21(11-14-30)31-16-9-19-7-8-20(28(33)34)17-24(19)31/h5-9,16-17,21H,4,10-15,18H2,1-3H3,(H,33,34). The number of hydrogen-bond acceptors (Lipinski definition) is 5. The van der Waals surface area contributed by atoms with Crippen molar-refractivity contribution < 1.29 is 24.2 Å². The topological polar surface area (TPSA) is 81.0 Å². The van der Waals surface area contributed by atoms with E-state index >= 15 is 0 Å². The maximum atomic E-state index is 12.9. The predicted molar refractivity (Wildman–Crippen MR) is 138 cm³/mol. The van der Waals surface area contributed by atoms with Gasteiger partial charge in [-0.2, -0.15) is 0 Å². The molecular formula is C29H34N2O5. The van der Waals surface area contributed by atoms with E-state index in [9.17, 15) is 14.7 Å². The molecule has 2 aromatic rings. The van der Waals surface area contributed by atoms with E-state index in [-0.39, 0.29) is 5.78 Å². The molecule has 2 aliphatic heterocycles. The first-order chi connectivity index (χ1) is 17.3. The summed E-state index contributed by atoms with van der Waals surface area (Å²) >= 11 is 0. The van der Waals surface area contributed by atoms with Crippen molar-refractivity contribution in [1.29, 1.82) is 0 Å². The molecule has 0 bridgehead atoms. The normalized spacial score (nSPS) is 20.9. The van der Waals surface area contributed by atoms with Gasteiger partial charge in [-0.3, -0.25) is 4.79 Å². The third kappa shape index (κ3) is 4.72. The van der Waals surface area contributed by atoms with E-state index in [1.807, 2.05) is 32.1 Å². The lowest BCUT2D eigenvalue weighted by atomic mass is 9.90. The molecule has 0 saturated carbocycles. The zero-order valence-corrected chi connectivity index (χ0v) is 21.3. The van der Waals surface area contributed by atoms with E-state index in [0.29, 0.717) is 35.8 Å². The van der Waals surface area contributed by atoms with Crippen LogP contribution < -0.4 is 0 Å². The number of ether oxygens (including phenoxy) is 2. The van der Waals surface area contributed by atoms with Gasteiger partial charge < -0.3 is 24.0 Å². The van der Waals surface area contributed by atoms with E-state index in [4.69, 9.17) is 9.47 Å². The maximum absolute atomic E-state index is 12.9. The Morgan fingerprint density at radius 2 is 1.97 bits per heavy atom. The minimum absolute atomic E-state index is 0.135. The van der Waals surface area contributed by atoms with Crippen molar-refractivity contribution in [1.82, 2.24) is 9.47 Å². The van der Waals surface area contributed by atoms with Crippen LogP contribution in [0.3, 0.4) is 0 Å². The summed E-state index contributed by atoms with van der Waals surface area (Å²) in [5, 5.41) is 10.5. The third-order valence-corrected chi connectivity index (χ3v) is 7.53. The molecule has 0 spiro atoms. The Morgan fingerprint density at radius 3 is 2.69 bits per heavy atom. The number of aromatic nitrogens is 1. The van der Waals surface area contributed by atoms with Gasteiger partial charge in [-0.15, -0.1) is 0 Å². The molecular weight excluding hydrogens is 456 g/mol. The van der Waals surface area contributed by atoms with Crippen LogP contribution in [0.4, 0.5) is 0 Å². The van der Waals surface area contributed by atoms with Crippen LogP contribution in [0.15, 0.2) is 65.3 Å². The number of piperidine rings is 1. The summed E-state index contributed by atoms with van der Waals surface area (Å²) in [5.41, 5.74) is 2.43. The van der Waals surface area contributed by atoms with Crippen LogP contribution in [0, 0.1) is 0 Å². The monoisotopic (exact) mass is 490 g/mol. The molecule has 1 aromatic carbocycles. The average molecular weight is 491 g/mol. The lowest BCUT2D eigenvalue weighted by Gasteiger charge is -2.36. The summed E-state index contributed by atoms with van der Waals surface area (Å²) in [5.74, 6) is 0.715. The zero-order chi connectivity index (χ0) is 25.4. The number of methoxy groups -OCH3 is 1. The second kappa shape index (κ2) is 9.62. The first-order valence-electron chi connectivity index (χ1n) is 12.7. The number of carboxylic acid groups (broad SMARTS) is 1. The SMILES string of the molecule is COC1=CCC=C2C(=O)CC(C)(C)OC2=C1CCN1CCC(n2ccc3ccc(C(=O)O)cc32)CC1. The second-order valence-corrected chi connectivity index (χ2v) is 10.5. The number of nitrogens with zero attached hydrogens (tertiary/aromatic N) is 2. The Morgan fingerprint density at radius 1 is 1.19 bits per heavy atom. The summed E-state index contributed by atoms with van der Waals surface area (Å²) < 4.78 is 14.3. The number of hydrogen-bond donors (Lipinski definition) is 1. The van der Waals surface area contributed by atoms with Gasteiger partial charge in [0.1, 0.15) is 17.1 Å². The minimum Gasteiger partial charge on any atom is -0.497 e. The Bertz CT molecular complexity index is 1290. The number of likely N-dealkylation sites (tertiary alicyclic amines) is 1. The van der Waals surface area contributed by atoms with Gasteiger partial charge in [-0.25, -0.2) is 4.79 Å². The van der Waals surface area contributed by atoms with Crippen molar-refractivity contribution in [3.8, 4) is 0 Å². The van der Waals surface area contributed by atoms with Crippen LogP contribution >= 0.6 is 0 Å². The summed E-state index contributed by atoms with van der Waals surface area (Å²) in [6.45, 7) is 6.68. The first kappa shape index (κ1) is 24.4. The number of carbonyl (C=O) groups excluding carboxylic acids is 1. The van der Waals surface area contributed by atoms with Gasteiger partial charge in [-0.05, 0) is 69.2 Å². The number of Topliss-reactive ketones (excluding diaryl/α,β-unsaturated/α-hetero) is 1. The number of aromatic carboxylic acids is 1. The molecule has 3 aliphatic rings. The highest BCUT2D eigenvalue weighted by atomic mass is 16.5. The summed E-state index contributed by atoms with van der Waals surface area (Å²) in [7, 11) is 1.68. The number of rotatable bonds is 6.